The van der Waals surface area contributed by atoms with Crippen LogP contribution in [-0.2, 0) is 13.0 Å². The van der Waals surface area contributed by atoms with Crippen molar-refractivity contribution in [2.24, 2.45) is 0 Å². The molecule has 1 N–H and O–H groups in total. The number of aromatic nitrogens is 1. The number of rotatable bonds is 1. The third-order valence-corrected chi connectivity index (χ3v) is 2.40. The highest BCUT2D eigenvalue weighted by molar-refractivity contribution is 6.29. The van der Waals surface area contributed by atoms with Crippen molar-refractivity contribution >= 4 is 11.6 Å². The molecule has 0 bridgehead atoms. The Balaban J connectivity index is 2.50. The predicted octanol–water partition coefficient (Wildman–Crippen LogP) is 1.39. The first-order valence-electron chi connectivity index (χ1n) is 4.24. The largest absolute Gasteiger partial charge is 0.481 e. The Kier molecular flexibility index (Phi) is 2.38. The van der Waals surface area contributed by atoms with E-state index in [1.807, 2.05) is 6.07 Å². The molecule has 0 aromatic carbocycles. The number of ether oxygens (including phenoxy) is 1. The molecule has 0 amide bonds. The second-order valence-corrected chi connectivity index (χ2v) is 3.41. The molecule has 13 heavy (non-hydrogen) atoms. The van der Waals surface area contributed by atoms with Crippen LogP contribution in [0.15, 0.2) is 6.07 Å². The summed E-state index contributed by atoms with van der Waals surface area (Å²) in [5.41, 5.74) is 2.38. The lowest BCUT2D eigenvalue weighted by Gasteiger charge is -2.18. The summed E-state index contributed by atoms with van der Waals surface area (Å²) in [7, 11) is 1.63. The lowest BCUT2D eigenvalue weighted by Crippen LogP contribution is -2.24. The van der Waals surface area contributed by atoms with Crippen molar-refractivity contribution in [3.8, 4) is 5.88 Å². The standard InChI is InChI=1S/C9H11ClN2O/c1-13-9-7-2-3-11-5-6(7)4-8(10)12-9/h4,11H,2-3,5H2,1H3. The molecule has 1 aromatic heterocycles. The first-order valence-corrected chi connectivity index (χ1v) is 4.62. The summed E-state index contributed by atoms with van der Waals surface area (Å²) in [6, 6.07) is 1.89. The van der Waals surface area contributed by atoms with Crippen molar-refractivity contribution in [3.63, 3.8) is 0 Å². The summed E-state index contributed by atoms with van der Waals surface area (Å²) in [4.78, 5) is 4.12. The fourth-order valence-corrected chi connectivity index (χ4v) is 1.80. The molecule has 3 nitrogen and oxygen atoms in total. The molecule has 0 radical (unpaired) electrons. The molecule has 1 aliphatic rings. The number of nitrogens with one attached hydrogen (secondary N) is 1. The molecule has 70 valence electrons. The third-order valence-electron chi connectivity index (χ3n) is 2.21. The van der Waals surface area contributed by atoms with Crippen LogP contribution >= 0.6 is 11.6 Å². The Labute approximate surface area is 82.1 Å². The fraction of sp³-hybridized carbons (Fsp3) is 0.444. The van der Waals surface area contributed by atoms with Gasteiger partial charge in [-0.3, -0.25) is 0 Å². The van der Waals surface area contributed by atoms with E-state index < -0.39 is 0 Å². The monoisotopic (exact) mass is 198 g/mol. The van der Waals surface area contributed by atoms with Gasteiger partial charge in [0, 0.05) is 12.1 Å². The van der Waals surface area contributed by atoms with Crippen molar-refractivity contribution in [2.75, 3.05) is 13.7 Å². The minimum absolute atomic E-state index is 0.499. The zero-order valence-corrected chi connectivity index (χ0v) is 8.19. The maximum absolute atomic E-state index is 5.84. The van der Waals surface area contributed by atoms with Crippen LogP contribution in [0.5, 0.6) is 5.88 Å². The summed E-state index contributed by atoms with van der Waals surface area (Å²) in [6.45, 7) is 1.83. The van der Waals surface area contributed by atoms with Gasteiger partial charge in [-0.2, -0.15) is 0 Å². The second-order valence-electron chi connectivity index (χ2n) is 3.02. The molecule has 2 rings (SSSR count). The molecule has 0 spiro atoms. The molecular formula is C9H11ClN2O. The Morgan fingerprint density at radius 3 is 3.23 bits per heavy atom. The van der Waals surface area contributed by atoms with Gasteiger partial charge in [0.15, 0.2) is 0 Å². The van der Waals surface area contributed by atoms with Crippen LogP contribution < -0.4 is 10.1 Å². The van der Waals surface area contributed by atoms with Crippen molar-refractivity contribution in [1.29, 1.82) is 0 Å². The van der Waals surface area contributed by atoms with Crippen molar-refractivity contribution < 1.29 is 4.74 Å². The van der Waals surface area contributed by atoms with Gasteiger partial charge in [0.1, 0.15) is 5.15 Å². The minimum atomic E-state index is 0.499. The summed E-state index contributed by atoms with van der Waals surface area (Å²) < 4.78 is 5.17. The van der Waals surface area contributed by atoms with E-state index in [0.29, 0.717) is 11.0 Å². The van der Waals surface area contributed by atoms with Gasteiger partial charge < -0.3 is 10.1 Å². The minimum Gasteiger partial charge on any atom is -0.481 e. The quantitative estimate of drug-likeness (QED) is 0.693. The smallest absolute Gasteiger partial charge is 0.218 e. The van der Waals surface area contributed by atoms with Crippen LogP contribution in [-0.4, -0.2) is 18.6 Å². The molecule has 0 aliphatic carbocycles. The van der Waals surface area contributed by atoms with E-state index in [0.717, 1.165) is 19.5 Å². The molecule has 1 aromatic rings. The van der Waals surface area contributed by atoms with Gasteiger partial charge >= 0.3 is 0 Å². The van der Waals surface area contributed by atoms with Gasteiger partial charge in [-0.05, 0) is 24.6 Å². The zero-order valence-electron chi connectivity index (χ0n) is 7.43. The molecule has 0 fully saturated rings. The van der Waals surface area contributed by atoms with Crippen molar-refractivity contribution in [3.05, 3.63) is 22.3 Å². The van der Waals surface area contributed by atoms with E-state index in [2.05, 4.69) is 10.3 Å². The number of pyridine rings is 1. The molecule has 4 heteroatoms. The van der Waals surface area contributed by atoms with Crippen molar-refractivity contribution in [2.45, 2.75) is 13.0 Å². The molecule has 0 atom stereocenters. The Bertz CT molecular complexity index is 310. The third kappa shape index (κ3) is 1.62. The lowest BCUT2D eigenvalue weighted by molar-refractivity contribution is 0.388. The highest BCUT2D eigenvalue weighted by Crippen LogP contribution is 2.25. The second kappa shape index (κ2) is 3.52. The molecule has 0 saturated carbocycles. The van der Waals surface area contributed by atoms with Gasteiger partial charge in [0.05, 0.1) is 7.11 Å². The number of methoxy groups -OCH3 is 1. The van der Waals surface area contributed by atoms with Gasteiger partial charge in [0.2, 0.25) is 5.88 Å². The predicted molar refractivity (Wildman–Crippen MR) is 51.2 cm³/mol. The SMILES string of the molecule is COc1nc(Cl)cc2c1CCNC2. The highest BCUT2D eigenvalue weighted by atomic mass is 35.5. The van der Waals surface area contributed by atoms with Gasteiger partial charge in [-0.15, -0.1) is 0 Å². The average Bonchev–Trinajstić information content (AvgIpc) is 2.16. The van der Waals surface area contributed by atoms with E-state index in [1.54, 1.807) is 7.11 Å². The first kappa shape index (κ1) is 8.78. The highest BCUT2D eigenvalue weighted by Gasteiger charge is 2.15. The Morgan fingerprint density at radius 2 is 2.46 bits per heavy atom. The summed E-state index contributed by atoms with van der Waals surface area (Å²) >= 11 is 5.84. The maximum atomic E-state index is 5.84. The molecule has 1 aliphatic heterocycles. The summed E-state index contributed by atoms with van der Waals surface area (Å²) in [5, 5.41) is 3.78. The van der Waals surface area contributed by atoms with E-state index >= 15 is 0 Å². The molecule has 0 unspecified atom stereocenters. The fourth-order valence-electron chi connectivity index (χ4n) is 1.60. The first-order chi connectivity index (χ1) is 6.31. The van der Waals surface area contributed by atoms with Crippen molar-refractivity contribution in [1.82, 2.24) is 10.3 Å². The summed E-state index contributed by atoms with van der Waals surface area (Å²) in [6.07, 6.45) is 0.961. The number of halogens is 1. The van der Waals surface area contributed by atoms with Crippen LogP contribution in [0, 0.1) is 0 Å². The van der Waals surface area contributed by atoms with Gasteiger partial charge in [-0.1, -0.05) is 11.6 Å². The maximum Gasteiger partial charge on any atom is 0.218 e. The number of hydrogen-bond donors (Lipinski definition) is 1. The van der Waals surface area contributed by atoms with Crippen LogP contribution in [0.2, 0.25) is 5.15 Å². The number of fused-ring (bicyclic) bond motifs is 1. The van der Waals surface area contributed by atoms with Crippen LogP contribution in [0.3, 0.4) is 0 Å². The molecular weight excluding hydrogens is 188 g/mol. The number of nitrogens with zero attached hydrogens (tertiary/aromatic N) is 1. The summed E-state index contributed by atoms with van der Waals surface area (Å²) in [5.74, 6) is 0.670. The normalized spacial score (nSPS) is 15.2. The Hall–Kier alpha value is -0.800. The van der Waals surface area contributed by atoms with E-state index in [4.69, 9.17) is 16.3 Å². The lowest BCUT2D eigenvalue weighted by atomic mass is 10.0. The van der Waals surface area contributed by atoms with E-state index in [9.17, 15) is 0 Å². The van der Waals surface area contributed by atoms with Crippen LogP contribution in [0.4, 0.5) is 0 Å². The van der Waals surface area contributed by atoms with Crippen LogP contribution in [0.1, 0.15) is 11.1 Å². The van der Waals surface area contributed by atoms with Gasteiger partial charge in [0.25, 0.3) is 0 Å². The van der Waals surface area contributed by atoms with Gasteiger partial charge in [-0.25, -0.2) is 4.98 Å². The van der Waals surface area contributed by atoms with Crippen LogP contribution in [0.25, 0.3) is 0 Å². The average molecular weight is 199 g/mol. The number of hydrogen-bond acceptors (Lipinski definition) is 3. The zero-order chi connectivity index (χ0) is 9.26. The topological polar surface area (TPSA) is 34.1 Å². The Morgan fingerprint density at radius 1 is 1.62 bits per heavy atom. The molecule has 0 saturated heterocycles. The van der Waals surface area contributed by atoms with E-state index in [1.165, 1.54) is 11.1 Å². The molecule has 2 heterocycles. The van der Waals surface area contributed by atoms with E-state index in [-0.39, 0.29) is 0 Å².